The van der Waals surface area contributed by atoms with Crippen LogP contribution in [0.5, 0.6) is 5.75 Å². The van der Waals surface area contributed by atoms with Gasteiger partial charge in [-0.15, -0.1) is 0 Å². The molecule has 7 nitrogen and oxygen atoms in total. The molecule has 33 heavy (non-hydrogen) atoms. The molecule has 0 aliphatic carbocycles. The molecule has 1 amide bonds. The lowest BCUT2D eigenvalue weighted by Gasteiger charge is -2.32. The van der Waals surface area contributed by atoms with Gasteiger partial charge in [0.05, 0.1) is 24.6 Å². The Kier molecular flexibility index (Phi) is 8.24. The minimum Gasteiger partial charge on any atom is -0.494 e. The van der Waals surface area contributed by atoms with Gasteiger partial charge in [-0.05, 0) is 62.4 Å². The van der Waals surface area contributed by atoms with Gasteiger partial charge in [0.1, 0.15) is 12.3 Å². The van der Waals surface area contributed by atoms with E-state index in [1.54, 1.807) is 24.3 Å². The van der Waals surface area contributed by atoms with Crippen molar-refractivity contribution in [2.24, 2.45) is 5.92 Å². The van der Waals surface area contributed by atoms with Crippen molar-refractivity contribution in [3.63, 3.8) is 0 Å². The summed E-state index contributed by atoms with van der Waals surface area (Å²) in [6.07, 6.45) is 3.51. The molecule has 1 N–H and O–H groups in total. The minimum atomic E-state index is -3.66. The molecule has 1 fully saturated rings. The topological polar surface area (TPSA) is 79.0 Å². The highest BCUT2D eigenvalue weighted by molar-refractivity contribution is 7.92. The Morgan fingerprint density at radius 3 is 2.45 bits per heavy atom. The summed E-state index contributed by atoms with van der Waals surface area (Å²) in [6.45, 7) is 8.35. The molecule has 0 aromatic heterocycles. The fourth-order valence-electron chi connectivity index (χ4n) is 4.04. The second-order valence-corrected chi connectivity index (χ2v) is 10.7. The maximum atomic E-state index is 12.8. The molecular formula is C25H35N3O4S. The third kappa shape index (κ3) is 6.87. The Bertz CT molecular complexity index is 1030. The molecule has 0 bridgehead atoms. The van der Waals surface area contributed by atoms with Crippen LogP contribution in [-0.2, 0) is 14.8 Å². The van der Waals surface area contributed by atoms with Crippen LogP contribution in [0.1, 0.15) is 45.2 Å². The molecule has 1 saturated heterocycles. The monoisotopic (exact) mass is 473 g/mol. The largest absolute Gasteiger partial charge is 0.494 e. The predicted octanol–water partition coefficient (Wildman–Crippen LogP) is 3.97. The highest BCUT2D eigenvalue weighted by Gasteiger charge is 2.23. The number of benzene rings is 2. The van der Waals surface area contributed by atoms with Gasteiger partial charge in [0, 0.05) is 24.8 Å². The second-order valence-electron chi connectivity index (χ2n) is 8.75. The molecular weight excluding hydrogens is 438 g/mol. The number of nitrogens with one attached hydrogen (secondary N) is 1. The summed E-state index contributed by atoms with van der Waals surface area (Å²) >= 11 is 0. The van der Waals surface area contributed by atoms with Crippen molar-refractivity contribution in [1.29, 1.82) is 0 Å². The number of hydrogen-bond donors (Lipinski definition) is 1. The van der Waals surface area contributed by atoms with Crippen molar-refractivity contribution < 1.29 is 17.9 Å². The zero-order valence-electron chi connectivity index (χ0n) is 20.0. The smallest absolute Gasteiger partial charge is 0.241 e. The van der Waals surface area contributed by atoms with Crippen LogP contribution in [0.2, 0.25) is 0 Å². The Balaban J connectivity index is 1.65. The van der Waals surface area contributed by atoms with Gasteiger partial charge in [0.2, 0.25) is 15.9 Å². The van der Waals surface area contributed by atoms with Crippen molar-refractivity contribution >= 4 is 27.3 Å². The molecule has 3 rings (SSSR count). The number of amides is 1. The number of hydrogen-bond acceptors (Lipinski definition) is 5. The first-order valence-corrected chi connectivity index (χ1v) is 13.4. The molecule has 1 aliphatic rings. The summed E-state index contributed by atoms with van der Waals surface area (Å²) < 4.78 is 31.4. The predicted molar refractivity (Wildman–Crippen MR) is 133 cm³/mol. The van der Waals surface area contributed by atoms with E-state index in [4.69, 9.17) is 4.74 Å². The van der Waals surface area contributed by atoms with E-state index >= 15 is 0 Å². The van der Waals surface area contributed by atoms with Crippen LogP contribution in [0.15, 0.2) is 48.5 Å². The van der Waals surface area contributed by atoms with Crippen LogP contribution in [0.3, 0.4) is 0 Å². The average molecular weight is 474 g/mol. The third-order valence-electron chi connectivity index (χ3n) is 6.02. The van der Waals surface area contributed by atoms with E-state index in [0.717, 1.165) is 35.1 Å². The van der Waals surface area contributed by atoms with E-state index < -0.39 is 10.0 Å². The van der Waals surface area contributed by atoms with E-state index in [1.165, 1.54) is 18.5 Å². The molecule has 0 radical (unpaired) electrons. The van der Waals surface area contributed by atoms with E-state index in [-0.39, 0.29) is 18.5 Å². The van der Waals surface area contributed by atoms with E-state index in [2.05, 4.69) is 29.3 Å². The number of sulfonamides is 1. The number of nitrogens with zero attached hydrogens (tertiary/aromatic N) is 2. The van der Waals surface area contributed by atoms with Gasteiger partial charge in [-0.2, -0.15) is 0 Å². The third-order valence-corrected chi connectivity index (χ3v) is 7.16. The van der Waals surface area contributed by atoms with Gasteiger partial charge in [0.25, 0.3) is 0 Å². The molecule has 2 aromatic carbocycles. The van der Waals surface area contributed by atoms with Gasteiger partial charge in [-0.25, -0.2) is 8.42 Å². The minimum absolute atomic E-state index is 0.246. The number of carbonyl (C=O) groups excluding carboxylic acids is 1. The number of anilines is 2. The molecule has 1 unspecified atom stereocenters. The molecule has 180 valence electrons. The van der Waals surface area contributed by atoms with Gasteiger partial charge >= 0.3 is 0 Å². The first kappa shape index (κ1) is 24.9. The number of ether oxygens (including phenoxy) is 1. The average Bonchev–Trinajstić information content (AvgIpc) is 2.78. The summed E-state index contributed by atoms with van der Waals surface area (Å²) in [4.78, 5) is 15.2. The Morgan fingerprint density at radius 2 is 1.85 bits per heavy atom. The Morgan fingerprint density at radius 1 is 1.18 bits per heavy atom. The van der Waals surface area contributed by atoms with Crippen LogP contribution in [0.25, 0.3) is 0 Å². The fraction of sp³-hybridized carbons (Fsp3) is 0.480. The normalized spacial score (nSPS) is 15.7. The lowest BCUT2D eigenvalue weighted by Crippen LogP contribution is -2.41. The molecule has 8 heteroatoms. The van der Waals surface area contributed by atoms with Gasteiger partial charge in [-0.1, -0.05) is 25.1 Å². The lowest BCUT2D eigenvalue weighted by molar-refractivity contribution is -0.120. The Labute approximate surface area is 197 Å². The van der Waals surface area contributed by atoms with Gasteiger partial charge in [0.15, 0.2) is 0 Å². The number of rotatable bonds is 9. The van der Waals surface area contributed by atoms with Crippen LogP contribution in [-0.4, -0.2) is 46.8 Å². The van der Waals surface area contributed by atoms with Crippen LogP contribution < -0.4 is 19.3 Å². The summed E-state index contributed by atoms with van der Waals surface area (Å²) in [6, 6.07) is 14.7. The highest BCUT2D eigenvalue weighted by Crippen LogP contribution is 2.25. The zero-order valence-corrected chi connectivity index (χ0v) is 20.8. The van der Waals surface area contributed by atoms with Crippen molar-refractivity contribution in [2.75, 3.05) is 41.7 Å². The second kappa shape index (κ2) is 10.9. The first-order valence-electron chi connectivity index (χ1n) is 11.5. The maximum absolute atomic E-state index is 12.8. The van der Waals surface area contributed by atoms with Gasteiger partial charge in [-0.3, -0.25) is 9.10 Å². The molecule has 1 heterocycles. The van der Waals surface area contributed by atoms with Crippen LogP contribution in [0.4, 0.5) is 11.4 Å². The molecule has 0 spiro atoms. The zero-order chi connectivity index (χ0) is 24.0. The Hall–Kier alpha value is -2.74. The molecule has 0 saturated carbocycles. The summed E-state index contributed by atoms with van der Waals surface area (Å²) in [7, 11) is -3.66. The number of piperidine rings is 1. The summed E-state index contributed by atoms with van der Waals surface area (Å²) in [5.74, 6) is 0.966. The molecule has 1 aliphatic heterocycles. The summed E-state index contributed by atoms with van der Waals surface area (Å²) in [5, 5.41) is 2.92. The van der Waals surface area contributed by atoms with Crippen molar-refractivity contribution in [3.05, 3.63) is 54.1 Å². The van der Waals surface area contributed by atoms with E-state index in [9.17, 15) is 13.2 Å². The standard InChI is InChI=1S/C25H35N3O4S/c1-5-32-24-8-6-7-23(17-24)28(33(4,30)31)18-25(29)26-20(3)21-9-11-22(12-10-21)27-15-13-19(2)14-16-27/h6-12,17,19-20H,5,13-16,18H2,1-4H3,(H,26,29). The lowest BCUT2D eigenvalue weighted by atomic mass is 9.98. The van der Waals surface area contributed by atoms with Crippen LogP contribution in [0, 0.1) is 5.92 Å². The molecule has 1 atom stereocenters. The van der Waals surface area contributed by atoms with Crippen molar-refractivity contribution in [2.45, 2.75) is 39.7 Å². The highest BCUT2D eigenvalue weighted by atomic mass is 32.2. The fourth-order valence-corrected chi connectivity index (χ4v) is 4.88. The van der Waals surface area contributed by atoms with E-state index in [1.807, 2.05) is 26.0 Å². The maximum Gasteiger partial charge on any atom is 0.241 e. The van der Waals surface area contributed by atoms with E-state index in [0.29, 0.717) is 18.0 Å². The SMILES string of the molecule is CCOc1cccc(N(CC(=O)NC(C)c2ccc(N3CCC(C)CC3)cc2)S(C)(=O)=O)c1. The summed E-state index contributed by atoms with van der Waals surface area (Å²) in [5.41, 5.74) is 2.56. The number of carbonyl (C=O) groups is 1. The first-order chi connectivity index (χ1) is 15.7. The van der Waals surface area contributed by atoms with Crippen molar-refractivity contribution in [1.82, 2.24) is 5.32 Å². The quantitative estimate of drug-likeness (QED) is 0.596. The van der Waals surface area contributed by atoms with Gasteiger partial charge < -0.3 is 15.0 Å². The molecule has 2 aromatic rings. The van der Waals surface area contributed by atoms with Crippen molar-refractivity contribution in [3.8, 4) is 5.75 Å². The van der Waals surface area contributed by atoms with Crippen LogP contribution >= 0.6 is 0 Å².